The molecule has 1 unspecified atom stereocenters. The summed E-state index contributed by atoms with van der Waals surface area (Å²) in [6.45, 7) is 4.92. The number of aromatic hydroxyl groups is 1. The minimum absolute atomic E-state index is 0.479. The van der Waals surface area contributed by atoms with E-state index in [0.29, 0.717) is 11.7 Å². The summed E-state index contributed by atoms with van der Waals surface area (Å²) in [4.78, 5) is 2.48. The molecule has 0 amide bonds. The highest BCUT2D eigenvalue weighted by Crippen LogP contribution is 2.38. The van der Waals surface area contributed by atoms with Gasteiger partial charge in [-0.25, -0.2) is 0 Å². The van der Waals surface area contributed by atoms with Gasteiger partial charge in [0.15, 0.2) is 0 Å². The van der Waals surface area contributed by atoms with E-state index in [1.165, 1.54) is 17.5 Å². The van der Waals surface area contributed by atoms with E-state index in [2.05, 4.69) is 11.0 Å². The second kappa shape index (κ2) is 4.67. The normalized spacial score (nSPS) is 24.8. The third-order valence-electron chi connectivity index (χ3n) is 3.95. The summed E-state index contributed by atoms with van der Waals surface area (Å²) in [6.07, 6.45) is 2.20. The van der Waals surface area contributed by atoms with Crippen molar-refractivity contribution in [2.75, 3.05) is 32.8 Å². The maximum Gasteiger partial charge on any atom is 0.119 e. The molecular formula is C14H19NO2. The van der Waals surface area contributed by atoms with Gasteiger partial charge in [0.05, 0.1) is 13.2 Å². The summed E-state index contributed by atoms with van der Waals surface area (Å²) in [5.41, 5.74) is 2.53. The Balaban J connectivity index is 1.72. The van der Waals surface area contributed by atoms with E-state index >= 15 is 0 Å². The van der Waals surface area contributed by atoms with Crippen LogP contribution in [0.1, 0.15) is 23.5 Å². The van der Waals surface area contributed by atoms with Crippen LogP contribution in [0.5, 0.6) is 5.75 Å². The van der Waals surface area contributed by atoms with Crippen molar-refractivity contribution >= 4 is 0 Å². The quantitative estimate of drug-likeness (QED) is 0.844. The lowest BCUT2D eigenvalue weighted by Crippen LogP contribution is -2.38. The lowest BCUT2D eigenvalue weighted by molar-refractivity contribution is 0.0351. The molecule has 1 N–H and O–H groups in total. The third-order valence-corrected chi connectivity index (χ3v) is 3.95. The summed E-state index contributed by atoms with van der Waals surface area (Å²) < 4.78 is 5.37. The first-order chi connectivity index (χ1) is 8.34. The molecule has 1 aliphatic carbocycles. The number of benzene rings is 1. The maximum absolute atomic E-state index is 9.82. The molecule has 1 saturated heterocycles. The molecule has 0 spiro atoms. The van der Waals surface area contributed by atoms with E-state index in [1.54, 1.807) is 6.07 Å². The predicted octanol–water partition coefficient (Wildman–Crippen LogP) is 1.75. The highest BCUT2D eigenvalue weighted by molar-refractivity contribution is 5.44. The number of hydrogen-bond acceptors (Lipinski definition) is 3. The lowest BCUT2D eigenvalue weighted by atomic mass is 10.0. The zero-order chi connectivity index (χ0) is 11.7. The fourth-order valence-corrected chi connectivity index (χ4v) is 3.01. The Bertz CT molecular complexity index is 399. The number of fused-ring (bicyclic) bond motifs is 1. The molecule has 0 radical (unpaired) electrons. The summed E-state index contributed by atoms with van der Waals surface area (Å²) in [5.74, 6) is 1.07. The van der Waals surface area contributed by atoms with Crippen molar-refractivity contribution in [2.45, 2.75) is 18.8 Å². The Hall–Kier alpha value is -1.06. The first-order valence-corrected chi connectivity index (χ1v) is 6.45. The van der Waals surface area contributed by atoms with E-state index in [9.17, 15) is 5.11 Å². The van der Waals surface area contributed by atoms with Gasteiger partial charge in [0.2, 0.25) is 0 Å². The highest BCUT2D eigenvalue weighted by atomic mass is 16.5. The topological polar surface area (TPSA) is 32.7 Å². The molecule has 3 heteroatoms. The molecule has 1 fully saturated rings. The fourth-order valence-electron chi connectivity index (χ4n) is 3.01. The average molecular weight is 233 g/mol. The number of nitrogens with zero attached hydrogens (tertiary/aromatic N) is 1. The van der Waals surface area contributed by atoms with Crippen LogP contribution in [0.3, 0.4) is 0 Å². The average Bonchev–Trinajstić information content (AvgIpc) is 2.76. The SMILES string of the molecule is Oc1cccc2c1CCC2CN1CCOCC1. The van der Waals surface area contributed by atoms with Gasteiger partial charge < -0.3 is 9.84 Å². The molecule has 2 aliphatic rings. The fraction of sp³-hybridized carbons (Fsp3) is 0.571. The van der Waals surface area contributed by atoms with E-state index in [-0.39, 0.29) is 0 Å². The predicted molar refractivity (Wildman–Crippen MR) is 66.4 cm³/mol. The van der Waals surface area contributed by atoms with Crippen molar-refractivity contribution in [3.05, 3.63) is 29.3 Å². The number of hydrogen-bond donors (Lipinski definition) is 1. The molecule has 0 aromatic heterocycles. The summed E-state index contributed by atoms with van der Waals surface area (Å²) in [6, 6.07) is 5.94. The third kappa shape index (κ3) is 2.17. The summed E-state index contributed by atoms with van der Waals surface area (Å²) in [7, 11) is 0. The number of rotatable bonds is 2. The standard InChI is InChI=1S/C14H19NO2/c16-14-3-1-2-12-11(4-5-13(12)14)10-15-6-8-17-9-7-15/h1-3,11,16H,4-10H2. The maximum atomic E-state index is 9.82. The molecule has 1 aromatic rings. The Kier molecular flexibility index (Phi) is 3.04. The zero-order valence-electron chi connectivity index (χ0n) is 10.1. The van der Waals surface area contributed by atoms with Crippen LogP contribution in [0.4, 0.5) is 0 Å². The van der Waals surface area contributed by atoms with Gasteiger partial charge in [0.1, 0.15) is 5.75 Å². The monoisotopic (exact) mass is 233 g/mol. The molecule has 0 saturated carbocycles. The van der Waals surface area contributed by atoms with Crippen LogP contribution in [-0.2, 0) is 11.2 Å². The van der Waals surface area contributed by atoms with Crippen molar-refractivity contribution < 1.29 is 9.84 Å². The van der Waals surface area contributed by atoms with Crippen LogP contribution in [0, 0.1) is 0 Å². The second-order valence-electron chi connectivity index (χ2n) is 4.99. The summed E-state index contributed by atoms with van der Waals surface area (Å²) >= 11 is 0. The lowest BCUT2D eigenvalue weighted by Gasteiger charge is -2.29. The molecule has 17 heavy (non-hydrogen) atoms. The molecule has 1 atom stereocenters. The van der Waals surface area contributed by atoms with Crippen molar-refractivity contribution in [2.24, 2.45) is 0 Å². The number of phenols is 1. The minimum atomic E-state index is 0.479. The molecule has 3 nitrogen and oxygen atoms in total. The minimum Gasteiger partial charge on any atom is -0.508 e. The van der Waals surface area contributed by atoms with E-state index in [1.807, 2.05) is 6.07 Å². The zero-order valence-corrected chi connectivity index (χ0v) is 10.1. The van der Waals surface area contributed by atoms with Gasteiger partial charge in [-0.2, -0.15) is 0 Å². The first kappa shape index (κ1) is 11.1. The summed E-state index contributed by atoms with van der Waals surface area (Å²) in [5, 5.41) is 9.82. The second-order valence-corrected chi connectivity index (χ2v) is 4.99. The van der Waals surface area contributed by atoms with Crippen molar-refractivity contribution in [1.82, 2.24) is 4.90 Å². The Labute approximate surface area is 102 Å². The molecule has 92 valence electrons. The molecule has 1 heterocycles. The molecule has 1 aromatic carbocycles. The Morgan fingerprint density at radius 3 is 2.94 bits per heavy atom. The van der Waals surface area contributed by atoms with Crippen LogP contribution < -0.4 is 0 Å². The van der Waals surface area contributed by atoms with Gasteiger partial charge >= 0.3 is 0 Å². The molecule has 1 aliphatic heterocycles. The van der Waals surface area contributed by atoms with Crippen LogP contribution >= 0.6 is 0 Å². The van der Waals surface area contributed by atoms with Crippen LogP contribution in [0.2, 0.25) is 0 Å². The van der Waals surface area contributed by atoms with Crippen LogP contribution in [0.25, 0.3) is 0 Å². The molecule has 0 bridgehead atoms. The van der Waals surface area contributed by atoms with Gasteiger partial charge in [-0.3, -0.25) is 4.90 Å². The van der Waals surface area contributed by atoms with Gasteiger partial charge in [0, 0.05) is 19.6 Å². The number of phenolic OH excluding ortho intramolecular Hbond substituents is 1. The van der Waals surface area contributed by atoms with E-state index in [0.717, 1.165) is 39.3 Å². The molecule has 3 rings (SSSR count). The number of morpholine rings is 1. The van der Waals surface area contributed by atoms with Gasteiger partial charge in [-0.15, -0.1) is 0 Å². The Morgan fingerprint density at radius 2 is 2.12 bits per heavy atom. The molecular weight excluding hydrogens is 214 g/mol. The Morgan fingerprint density at radius 1 is 1.29 bits per heavy atom. The van der Waals surface area contributed by atoms with E-state index in [4.69, 9.17) is 4.74 Å². The van der Waals surface area contributed by atoms with Gasteiger partial charge in [-0.05, 0) is 36.0 Å². The highest BCUT2D eigenvalue weighted by Gasteiger charge is 2.26. The van der Waals surface area contributed by atoms with Crippen molar-refractivity contribution in [3.63, 3.8) is 0 Å². The van der Waals surface area contributed by atoms with Crippen molar-refractivity contribution in [1.29, 1.82) is 0 Å². The van der Waals surface area contributed by atoms with Gasteiger partial charge in [0.25, 0.3) is 0 Å². The smallest absolute Gasteiger partial charge is 0.119 e. The largest absolute Gasteiger partial charge is 0.508 e. The van der Waals surface area contributed by atoms with E-state index < -0.39 is 0 Å². The first-order valence-electron chi connectivity index (χ1n) is 6.45. The number of ether oxygens (including phenoxy) is 1. The van der Waals surface area contributed by atoms with Crippen LogP contribution in [0.15, 0.2) is 18.2 Å². The van der Waals surface area contributed by atoms with Gasteiger partial charge in [-0.1, -0.05) is 12.1 Å². The van der Waals surface area contributed by atoms with Crippen LogP contribution in [-0.4, -0.2) is 42.9 Å². The van der Waals surface area contributed by atoms with Crippen molar-refractivity contribution in [3.8, 4) is 5.75 Å².